The minimum atomic E-state index is -0.500. The van der Waals surface area contributed by atoms with Crippen molar-refractivity contribution in [3.05, 3.63) is 54.0 Å². The van der Waals surface area contributed by atoms with Crippen LogP contribution in [0.4, 0.5) is 4.39 Å². The number of benzene rings is 1. The number of likely N-dealkylation sites (tertiary alicyclic amines) is 1. The first kappa shape index (κ1) is 27.2. The van der Waals surface area contributed by atoms with Crippen LogP contribution in [0.3, 0.4) is 0 Å². The Bertz CT molecular complexity index is 941. The summed E-state index contributed by atoms with van der Waals surface area (Å²) in [5.41, 5.74) is 5.28. The van der Waals surface area contributed by atoms with Gasteiger partial charge in [-0.2, -0.15) is 0 Å². The van der Waals surface area contributed by atoms with Crippen LogP contribution in [-0.2, 0) is 16.1 Å². The maximum Gasteiger partial charge on any atom is 0.256 e. The second-order valence-electron chi connectivity index (χ2n) is 7.54. The summed E-state index contributed by atoms with van der Waals surface area (Å²) in [5.74, 6) is 0.612. The Labute approximate surface area is 209 Å². The fraction of sp³-hybridized carbons (Fsp3) is 0.391. The number of aromatic nitrogens is 1. The maximum absolute atomic E-state index is 13.0. The maximum atomic E-state index is 13.0. The van der Waals surface area contributed by atoms with Crippen LogP contribution in [0.15, 0.2) is 42.6 Å². The molecule has 1 atom stereocenters. The number of hydrogen-bond acceptors (Lipinski definition) is 6. The van der Waals surface area contributed by atoms with E-state index in [4.69, 9.17) is 26.8 Å². The normalized spacial score (nSPS) is 14.7. The van der Waals surface area contributed by atoms with Gasteiger partial charge in [0.15, 0.2) is 0 Å². The zero-order chi connectivity index (χ0) is 24.9. The smallest absolute Gasteiger partial charge is 0.256 e. The average Bonchev–Trinajstić information content (AvgIpc) is 3.12. The molecule has 1 saturated heterocycles. The molecule has 3 rings (SSSR count). The molecule has 34 heavy (non-hydrogen) atoms. The van der Waals surface area contributed by atoms with Crippen LogP contribution >= 0.6 is 24.4 Å². The van der Waals surface area contributed by atoms with Crippen molar-refractivity contribution in [2.75, 3.05) is 13.1 Å². The number of carbonyl (C=O) groups is 1. The van der Waals surface area contributed by atoms with Gasteiger partial charge in [-0.05, 0) is 60.7 Å². The van der Waals surface area contributed by atoms with Crippen LogP contribution < -0.4 is 15.8 Å². The molecular formula is C23H29FN4O4S2. The van der Waals surface area contributed by atoms with E-state index in [1.807, 2.05) is 6.07 Å². The topological polar surface area (TPSA) is 110 Å². The van der Waals surface area contributed by atoms with E-state index in [1.165, 1.54) is 24.3 Å². The van der Waals surface area contributed by atoms with Crippen LogP contribution in [0.2, 0.25) is 0 Å². The Balaban J connectivity index is 0.000000945. The molecule has 2 heterocycles. The standard InChI is InChI=1S/C22H26FN3O3S.CH3NOS/c1-2-3-4-11-24-22(30)29-19-12-21(27)26(15-19)14-16-5-10-20(25-13-16)28-18-8-6-17(23)7-9-18;2-1(3)4/h5-10,13,19H,2-4,11-12,14-15H2,1H3,(H,24,30);(H3,2,3,4). The van der Waals surface area contributed by atoms with Crippen molar-refractivity contribution in [2.45, 2.75) is 45.3 Å². The number of nitrogens with one attached hydrogen (secondary N) is 1. The van der Waals surface area contributed by atoms with Gasteiger partial charge in [0.05, 0.1) is 13.0 Å². The van der Waals surface area contributed by atoms with Crippen LogP contribution in [0.25, 0.3) is 0 Å². The first-order valence-corrected chi connectivity index (χ1v) is 11.7. The van der Waals surface area contributed by atoms with Crippen molar-refractivity contribution in [3.8, 4) is 11.6 Å². The van der Waals surface area contributed by atoms with Crippen molar-refractivity contribution < 1.29 is 23.8 Å². The van der Waals surface area contributed by atoms with Crippen molar-refractivity contribution >= 4 is 40.7 Å². The molecule has 1 aromatic heterocycles. The number of pyridine rings is 1. The molecule has 1 amide bonds. The molecule has 1 unspecified atom stereocenters. The number of aliphatic hydroxyl groups is 1. The highest BCUT2D eigenvalue weighted by atomic mass is 32.1. The number of ether oxygens (including phenoxy) is 2. The number of nitrogens with zero attached hydrogens (tertiary/aromatic N) is 2. The van der Waals surface area contributed by atoms with Gasteiger partial charge < -0.3 is 30.5 Å². The summed E-state index contributed by atoms with van der Waals surface area (Å²) >= 11 is 9.08. The Kier molecular flexibility index (Phi) is 11.4. The van der Waals surface area contributed by atoms with Crippen molar-refractivity contribution in [1.82, 2.24) is 15.2 Å². The number of thiocarbonyl (C=S) groups is 2. The highest BCUT2D eigenvalue weighted by Crippen LogP contribution is 2.21. The number of amides is 1. The zero-order valence-electron chi connectivity index (χ0n) is 18.9. The fourth-order valence-corrected chi connectivity index (χ4v) is 3.37. The number of carbonyl (C=O) groups excluding carboxylic acids is 1. The van der Waals surface area contributed by atoms with Gasteiger partial charge in [-0.3, -0.25) is 4.79 Å². The molecule has 4 N–H and O–H groups in total. The molecule has 1 aliphatic heterocycles. The van der Waals surface area contributed by atoms with Crippen molar-refractivity contribution in [2.24, 2.45) is 5.73 Å². The molecule has 8 nitrogen and oxygen atoms in total. The molecule has 0 bridgehead atoms. The third-order valence-electron chi connectivity index (χ3n) is 4.71. The first-order chi connectivity index (χ1) is 16.3. The third-order valence-corrected chi connectivity index (χ3v) is 4.95. The number of halogens is 1. The lowest BCUT2D eigenvalue weighted by Gasteiger charge is -2.18. The van der Waals surface area contributed by atoms with Gasteiger partial charge in [0.1, 0.15) is 17.7 Å². The summed E-state index contributed by atoms with van der Waals surface area (Å²) in [6, 6.07) is 9.31. The molecule has 184 valence electrons. The summed E-state index contributed by atoms with van der Waals surface area (Å²) in [6.07, 6.45) is 5.08. The minimum Gasteiger partial charge on any atom is -0.487 e. The fourth-order valence-electron chi connectivity index (χ4n) is 3.13. The highest BCUT2D eigenvalue weighted by Gasteiger charge is 2.31. The Morgan fingerprint density at radius 3 is 2.59 bits per heavy atom. The second-order valence-corrected chi connectivity index (χ2v) is 8.33. The van der Waals surface area contributed by atoms with Gasteiger partial charge in [-0.15, -0.1) is 0 Å². The predicted octanol–water partition coefficient (Wildman–Crippen LogP) is 3.98. The Morgan fingerprint density at radius 2 is 1.97 bits per heavy atom. The van der Waals surface area contributed by atoms with E-state index in [1.54, 1.807) is 17.2 Å². The van der Waals surface area contributed by atoms with E-state index >= 15 is 0 Å². The van der Waals surface area contributed by atoms with Gasteiger partial charge >= 0.3 is 0 Å². The number of hydrogen-bond donors (Lipinski definition) is 3. The third kappa shape index (κ3) is 10.3. The number of aliphatic hydroxyl groups excluding tert-OH is 1. The van der Waals surface area contributed by atoms with E-state index in [2.05, 4.69) is 35.2 Å². The van der Waals surface area contributed by atoms with Crippen molar-refractivity contribution in [3.63, 3.8) is 0 Å². The van der Waals surface area contributed by atoms with Crippen LogP contribution in [0.1, 0.15) is 38.2 Å². The molecule has 1 aromatic carbocycles. The lowest BCUT2D eigenvalue weighted by molar-refractivity contribution is -0.128. The second kappa shape index (κ2) is 14.3. The molecule has 0 aliphatic carbocycles. The largest absolute Gasteiger partial charge is 0.487 e. The van der Waals surface area contributed by atoms with Crippen LogP contribution in [-0.4, -0.2) is 50.4 Å². The van der Waals surface area contributed by atoms with Crippen LogP contribution in [0.5, 0.6) is 11.6 Å². The van der Waals surface area contributed by atoms with Crippen LogP contribution in [0, 0.1) is 5.82 Å². The molecule has 11 heteroatoms. The lowest BCUT2D eigenvalue weighted by atomic mass is 10.2. The van der Waals surface area contributed by atoms with E-state index in [0.29, 0.717) is 36.3 Å². The molecule has 2 aromatic rings. The molecule has 1 fully saturated rings. The van der Waals surface area contributed by atoms with E-state index in [9.17, 15) is 9.18 Å². The van der Waals surface area contributed by atoms with E-state index in [0.717, 1.165) is 31.4 Å². The summed E-state index contributed by atoms with van der Waals surface area (Å²) in [6.45, 7) is 3.87. The monoisotopic (exact) mass is 508 g/mol. The SMILES string of the molecule is CCCCCNC(=S)OC1CC(=O)N(Cc2ccc(Oc3ccc(F)cc3)nc2)C1.NC(O)=S. The van der Waals surface area contributed by atoms with E-state index < -0.39 is 5.17 Å². The van der Waals surface area contributed by atoms with Gasteiger partial charge in [0, 0.05) is 25.4 Å². The highest BCUT2D eigenvalue weighted by molar-refractivity contribution is 7.80. The van der Waals surface area contributed by atoms with Gasteiger partial charge in [0.2, 0.25) is 11.8 Å². The average molecular weight is 509 g/mol. The number of nitrogens with two attached hydrogens (primary N) is 1. The molecular weight excluding hydrogens is 479 g/mol. The van der Waals surface area contributed by atoms with Gasteiger partial charge in [-0.1, -0.05) is 25.8 Å². The zero-order valence-corrected chi connectivity index (χ0v) is 20.5. The molecule has 0 radical (unpaired) electrons. The molecule has 0 spiro atoms. The van der Waals surface area contributed by atoms with Gasteiger partial charge in [-0.25, -0.2) is 9.37 Å². The quantitative estimate of drug-likeness (QED) is 0.342. The summed E-state index contributed by atoms with van der Waals surface area (Å²) in [7, 11) is 0. The summed E-state index contributed by atoms with van der Waals surface area (Å²) < 4.78 is 24.3. The first-order valence-electron chi connectivity index (χ1n) is 10.9. The Hall–Kier alpha value is -3.05. The Morgan fingerprint density at radius 1 is 1.26 bits per heavy atom. The molecule has 1 aliphatic rings. The minimum absolute atomic E-state index is 0.0282. The van der Waals surface area contributed by atoms with Crippen molar-refractivity contribution in [1.29, 1.82) is 0 Å². The molecule has 0 saturated carbocycles. The summed E-state index contributed by atoms with van der Waals surface area (Å²) in [4.78, 5) is 18.3. The number of unbranched alkanes of at least 4 members (excludes halogenated alkanes) is 2. The lowest BCUT2D eigenvalue weighted by Crippen LogP contribution is -2.31. The predicted molar refractivity (Wildman–Crippen MR) is 135 cm³/mol. The number of rotatable bonds is 9. The van der Waals surface area contributed by atoms with Gasteiger partial charge in [0.25, 0.3) is 10.3 Å². The van der Waals surface area contributed by atoms with E-state index in [-0.39, 0.29) is 17.8 Å². The summed E-state index contributed by atoms with van der Waals surface area (Å²) in [5, 5.41) is 10.5.